The minimum atomic E-state index is -4.51. The number of non-ortho nitro benzene ring substituents is 1. The van der Waals surface area contributed by atoms with Crippen LogP contribution < -0.4 is 5.32 Å². The van der Waals surface area contributed by atoms with Gasteiger partial charge in [-0.3, -0.25) is 14.9 Å². The molecule has 9 heteroatoms. The van der Waals surface area contributed by atoms with Crippen molar-refractivity contribution in [1.82, 2.24) is 0 Å². The summed E-state index contributed by atoms with van der Waals surface area (Å²) in [5, 5.41) is 13.2. The molecule has 0 aliphatic carbocycles. The van der Waals surface area contributed by atoms with Crippen molar-refractivity contribution < 1.29 is 27.3 Å². The minimum absolute atomic E-state index is 0.00574. The summed E-state index contributed by atoms with van der Waals surface area (Å²) in [7, 11) is 0. The number of furan rings is 1. The number of carbonyl (C=O) groups excluding carboxylic acids is 1. The van der Waals surface area contributed by atoms with E-state index in [9.17, 15) is 28.1 Å². The fourth-order valence-electron chi connectivity index (χ4n) is 2.49. The number of nitro groups is 1. The number of alkyl halides is 3. The van der Waals surface area contributed by atoms with Gasteiger partial charge in [0.15, 0.2) is 0 Å². The Balaban J connectivity index is 1.69. The van der Waals surface area contributed by atoms with Crippen molar-refractivity contribution in [2.24, 2.45) is 0 Å². The average Bonchev–Trinajstić information content (AvgIpc) is 3.15. The number of rotatable bonds is 5. The van der Waals surface area contributed by atoms with Gasteiger partial charge in [0.1, 0.15) is 11.5 Å². The highest BCUT2D eigenvalue weighted by atomic mass is 19.4. The maximum atomic E-state index is 12.7. The van der Waals surface area contributed by atoms with E-state index < -0.39 is 22.6 Å². The number of halogens is 3. The number of nitrogens with zero attached hydrogens (tertiary/aromatic N) is 1. The van der Waals surface area contributed by atoms with Crippen molar-refractivity contribution in [3.63, 3.8) is 0 Å². The van der Waals surface area contributed by atoms with Crippen molar-refractivity contribution >= 4 is 23.4 Å². The van der Waals surface area contributed by atoms with Gasteiger partial charge in [-0.2, -0.15) is 13.2 Å². The van der Waals surface area contributed by atoms with Crippen LogP contribution in [0.3, 0.4) is 0 Å². The number of benzene rings is 2. The van der Waals surface area contributed by atoms with E-state index in [2.05, 4.69) is 5.32 Å². The van der Waals surface area contributed by atoms with Crippen molar-refractivity contribution in [1.29, 1.82) is 0 Å². The lowest BCUT2D eigenvalue weighted by Crippen LogP contribution is -2.10. The lowest BCUT2D eigenvalue weighted by molar-refractivity contribution is -0.384. The molecule has 0 radical (unpaired) electrons. The number of nitro benzene ring substituents is 1. The Labute approximate surface area is 162 Å². The minimum Gasteiger partial charge on any atom is -0.457 e. The summed E-state index contributed by atoms with van der Waals surface area (Å²) in [4.78, 5) is 22.3. The molecule has 1 amide bonds. The van der Waals surface area contributed by atoms with Crippen LogP contribution in [0.5, 0.6) is 0 Å². The van der Waals surface area contributed by atoms with E-state index in [0.29, 0.717) is 17.1 Å². The average molecular weight is 402 g/mol. The maximum Gasteiger partial charge on any atom is 0.416 e. The third kappa shape index (κ3) is 5.10. The van der Waals surface area contributed by atoms with Gasteiger partial charge in [-0.15, -0.1) is 0 Å². The van der Waals surface area contributed by atoms with Crippen molar-refractivity contribution in [3.8, 4) is 11.3 Å². The highest BCUT2D eigenvalue weighted by Crippen LogP contribution is 2.30. The van der Waals surface area contributed by atoms with Crippen molar-refractivity contribution in [2.75, 3.05) is 5.32 Å². The summed E-state index contributed by atoms with van der Waals surface area (Å²) in [5.74, 6) is 0.0231. The molecule has 2 aromatic carbocycles. The molecule has 1 heterocycles. The van der Waals surface area contributed by atoms with Crippen LogP contribution in [0, 0.1) is 10.1 Å². The summed E-state index contributed by atoms with van der Waals surface area (Å²) in [6.45, 7) is 0. The number of carbonyl (C=O) groups is 1. The molecule has 0 saturated carbocycles. The third-order valence-electron chi connectivity index (χ3n) is 3.82. The molecule has 148 valence electrons. The number of anilines is 1. The first kappa shape index (κ1) is 19.9. The summed E-state index contributed by atoms with van der Waals surface area (Å²) < 4.78 is 43.7. The largest absolute Gasteiger partial charge is 0.457 e. The summed E-state index contributed by atoms with van der Waals surface area (Å²) in [6.07, 6.45) is -2.06. The van der Waals surface area contributed by atoms with Crippen molar-refractivity contribution in [3.05, 3.63) is 88.2 Å². The Kier molecular flexibility index (Phi) is 5.49. The molecular weight excluding hydrogens is 389 g/mol. The summed E-state index contributed by atoms with van der Waals surface area (Å²) in [5.41, 5.74) is -0.457. The first-order chi connectivity index (χ1) is 13.7. The lowest BCUT2D eigenvalue weighted by Gasteiger charge is -2.08. The monoisotopic (exact) mass is 402 g/mol. The zero-order valence-electron chi connectivity index (χ0n) is 14.6. The van der Waals surface area contributed by atoms with Crippen LogP contribution in [0.15, 0.2) is 71.2 Å². The quantitative estimate of drug-likeness (QED) is 0.346. The number of hydrogen-bond acceptors (Lipinski definition) is 4. The third-order valence-corrected chi connectivity index (χ3v) is 3.82. The van der Waals surface area contributed by atoms with E-state index in [1.807, 2.05) is 0 Å². The number of hydrogen-bond donors (Lipinski definition) is 1. The lowest BCUT2D eigenvalue weighted by atomic mass is 10.1. The molecule has 0 aliphatic rings. The zero-order chi connectivity index (χ0) is 21.0. The highest BCUT2D eigenvalue weighted by molar-refractivity contribution is 6.01. The second-order valence-corrected chi connectivity index (χ2v) is 5.91. The normalized spacial score (nSPS) is 11.6. The fourth-order valence-corrected chi connectivity index (χ4v) is 2.49. The Hall–Kier alpha value is -3.88. The van der Waals surface area contributed by atoms with Gasteiger partial charge in [0.25, 0.3) is 5.69 Å². The van der Waals surface area contributed by atoms with Gasteiger partial charge in [0.05, 0.1) is 10.5 Å². The van der Waals surface area contributed by atoms with E-state index >= 15 is 0 Å². The molecule has 0 fully saturated rings. The van der Waals surface area contributed by atoms with Crippen LogP contribution >= 0.6 is 0 Å². The Morgan fingerprint density at radius 2 is 1.83 bits per heavy atom. The molecule has 1 N–H and O–H groups in total. The first-order valence-corrected chi connectivity index (χ1v) is 8.23. The number of amides is 1. The van der Waals surface area contributed by atoms with Gasteiger partial charge in [0.2, 0.25) is 5.91 Å². The van der Waals surface area contributed by atoms with Gasteiger partial charge in [-0.05, 0) is 36.4 Å². The van der Waals surface area contributed by atoms with Gasteiger partial charge < -0.3 is 9.73 Å². The topological polar surface area (TPSA) is 85.4 Å². The Bertz CT molecular complexity index is 1090. The zero-order valence-corrected chi connectivity index (χ0v) is 14.6. The van der Waals surface area contributed by atoms with E-state index in [0.717, 1.165) is 18.2 Å². The molecule has 0 saturated heterocycles. The first-order valence-electron chi connectivity index (χ1n) is 8.23. The van der Waals surface area contributed by atoms with Gasteiger partial charge in [-0.1, -0.05) is 18.2 Å². The predicted octanol–water partition coefficient (Wildman–Crippen LogP) is 5.53. The molecule has 0 spiro atoms. The molecule has 6 nitrogen and oxygen atoms in total. The van der Waals surface area contributed by atoms with E-state index in [-0.39, 0.29) is 11.4 Å². The second kappa shape index (κ2) is 8.01. The van der Waals surface area contributed by atoms with E-state index in [1.165, 1.54) is 36.4 Å². The second-order valence-electron chi connectivity index (χ2n) is 5.91. The van der Waals surface area contributed by atoms with Crippen LogP contribution in [0.25, 0.3) is 17.4 Å². The Morgan fingerprint density at radius 3 is 2.55 bits per heavy atom. The van der Waals surface area contributed by atoms with Crippen LogP contribution in [0.2, 0.25) is 0 Å². The van der Waals surface area contributed by atoms with E-state index in [4.69, 9.17) is 4.42 Å². The van der Waals surface area contributed by atoms with Gasteiger partial charge >= 0.3 is 6.18 Å². The Morgan fingerprint density at radius 1 is 1.07 bits per heavy atom. The maximum absolute atomic E-state index is 12.7. The molecule has 0 atom stereocenters. The van der Waals surface area contributed by atoms with Crippen molar-refractivity contribution in [2.45, 2.75) is 6.18 Å². The van der Waals surface area contributed by atoms with Crippen LogP contribution in [-0.2, 0) is 11.0 Å². The molecular formula is C20H13F3N2O4. The molecule has 29 heavy (non-hydrogen) atoms. The fraction of sp³-hybridized carbons (Fsp3) is 0.0500. The smallest absolute Gasteiger partial charge is 0.416 e. The highest BCUT2D eigenvalue weighted by Gasteiger charge is 2.30. The molecule has 0 aliphatic heterocycles. The summed E-state index contributed by atoms with van der Waals surface area (Å²) >= 11 is 0. The predicted molar refractivity (Wildman–Crippen MR) is 99.9 cm³/mol. The van der Waals surface area contributed by atoms with Crippen LogP contribution in [0.4, 0.5) is 24.5 Å². The van der Waals surface area contributed by atoms with Crippen LogP contribution in [0.1, 0.15) is 11.3 Å². The number of nitrogens with one attached hydrogen (secondary N) is 1. The van der Waals surface area contributed by atoms with E-state index in [1.54, 1.807) is 18.2 Å². The summed E-state index contributed by atoms with van der Waals surface area (Å²) in [6, 6.07) is 13.3. The van der Waals surface area contributed by atoms with Gasteiger partial charge in [-0.25, -0.2) is 0 Å². The van der Waals surface area contributed by atoms with Gasteiger partial charge in [0, 0.05) is 29.5 Å². The molecule has 3 aromatic rings. The standard InChI is InChI=1S/C20H13F3N2O4/c21-20(22,23)14-4-2-5-15(12-14)24-19(26)10-8-17-7-9-18(29-17)13-3-1-6-16(11-13)25(27)28/h1-12H,(H,24,26)/b10-8-. The molecule has 3 rings (SSSR count). The molecule has 1 aromatic heterocycles. The molecule has 0 unspecified atom stereocenters. The van der Waals surface area contributed by atoms with Crippen LogP contribution in [-0.4, -0.2) is 10.8 Å². The SMILES string of the molecule is O=C(/C=C\c1ccc(-c2cccc([N+](=O)[O-])c2)o1)Nc1cccc(C(F)(F)F)c1. The molecule has 0 bridgehead atoms.